The Balaban J connectivity index is 1.47. The molecule has 0 saturated heterocycles. The second kappa shape index (κ2) is 7.98. The van der Waals surface area contributed by atoms with Crippen LogP contribution in [0.3, 0.4) is 0 Å². The molecule has 0 fully saturated rings. The Bertz CT molecular complexity index is 1390. The molecule has 0 atom stereocenters. The smallest absolute Gasteiger partial charge is 0.276 e. The summed E-state index contributed by atoms with van der Waals surface area (Å²) in [4.78, 5) is 13.0. The molecule has 0 bridgehead atoms. The number of nitrogens with one attached hydrogen (secondary N) is 1. The fraction of sp³-hybridized carbons (Fsp3) is 0.0417. The molecule has 2 heterocycles. The van der Waals surface area contributed by atoms with Crippen molar-refractivity contribution in [1.29, 1.82) is 0 Å². The van der Waals surface area contributed by atoms with Crippen molar-refractivity contribution < 1.29 is 4.79 Å². The molecule has 1 aliphatic heterocycles. The van der Waals surface area contributed by atoms with Gasteiger partial charge in [-0.2, -0.15) is 0 Å². The summed E-state index contributed by atoms with van der Waals surface area (Å²) in [6.07, 6.45) is 0. The predicted molar refractivity (Wildman–Crippen MR) is 126 cm³/mol. The van der Waals surface area contributed by atoms with Gasteiger partial charge in [0, 0.05) is 23.0 Å². The van der Waals surface area contributed by atoms with E-state index in [0.29, 0.717) is 21.1 Å². The molecule has 5 rings (SSSR count). The van der Waals surface area contributed by atoms with Gasteiger partial charge in [0.25, 0.3) is 5.91 Å². The molecule has 0 saturated carbocycles. The highest BCUT2D eigenvalue weighted by molar-refractivity contribution is 7.07. The van der Waals surface area contributed by atoms with E-state index in [0.717, 1.165) is 11.3 Å². The first kappa shape index (κ1) is 19.5. The maximum atomic E-state index is 12.3. The second-order valence-electron chi connectivity index (χ2n) is 7.10. The lowest BCUT2D eigenvalue weighted by Gasteiger charge is -2.05. The molecule has 4 aromatic rings. The van der Waals surface area contributed by atoms with E-state index < -0.39 is 0 Å². The first-order valence-corrected chi connectivity index (χ1v) is 10.9. The number of nitrogens with zero attached hydrogens (tertiary/aromatic N) is 3. The van der Waals surface area contributed by atoms with Crippen LogP contribution < -0.4 is 10.1 Å². The Morgan fingerprint density at radius 1 is 0.903 bits per heavy atom. The maximum Gasteiger partial charge on any atom is 0.276 e. The number of amides is 1. The number of hydrogen-bond donors (Lipinski definition) is 1. The van der Waals surface area contributed by atoms with Crippen LogP contribution in [-0.4, -0.2) is 16.2 Å². The average molecular weight is 445 g/mol. The topological polar surface area (TPSA) is 58.8 Å². The number of anilines is 1. The molecule has 3 aromatic carbocycles. The summed E-state index contributed by atoms with van der Waals surface area (Å²) < 4.78 is 1.97. The summed E-state index contributed by atoms with van der Waals surface area (Å²) in [7, 11) is 1.94. The van der Waals surface area contributed by atoms with E-state index in [9.17, 15) is 4.79 Å². The second-order valence-corrected chi connectivity index (χ2v) is 8.37. The van der Waals surface area contributed by atoms with Crippen LogP contribution >= 0.6 is 22.9 Å². The van der Waals surface area contributed by atoms with Gasteiger partial charge in [0.1, 0.15) is 0 Å². The molecule has 31 heavy (non-hydrogen) atoms. The number of fused-ring (bicyclic) bond motifs is 1. The van der Waals surface area contributed by atoms with Crippen LogP contribution in [0.15, 0.2) is 88.4 Å². The monoisotopic (exact) mass is 444 g/mol. The number of thiazole rings is 1. The number of benzene rings is 3. The zero-order valence-electron chi connectivity index (χ0n) is 16.5. The summed E-state index contributed by atoms with van der Waals surface area (Å²) >= 11 is 7.55. The standard InChI is InChI=1S/C24H17ClN4OS/c1-29-21(17-9-7-16(8-10-17)15-5-3-2-4-6-15)14-31-24(29)28-27-22-19-13-18(25)11-12-20(19)26-23(22)30/h2-14H,1H3,(H,26,27,30)/b28-24-. The van der Waals surface area contributed by atoms with E-state index in [1.54, 1.807) is 18.2 Å². The highest BCUT2D eigenvalue weighted by atomic mass is 35.5. The van der Waals surface area contributed by atoms with Gasteiger partial charge in [0.05, 0.1) is 11.4 Å². The van der Waals surface area contributed by atoms with Crippen molar-refractivity contribution in [2.24, 2.45) is 17.3 Å². The Kier molecular flexibility index (Phi) is 5.02. The molecule has 1 aliphatic rings. The molecular weight excluding hydrogens is 428 g/mol. The van der Waals surface area contributed by atoms with Crippen molar-refractivity contribution in [3.8, 4) is 22.4 Å². The number of carbonyl (C=O) groups is 1. The number of aromatic nitrogens is 1. The Morgan fingerprint density at radius 2 is 1.61 bits per heavy atom. The highest BCUT2D eigenvalue weighted by Crippen LogP contribution is 2.27. The van der Waals surface area contributed by atoms with E-state index in [-0.39, 0.29) is 11.6 Å². The van der Waals surface area contributed by atoms with E-state index in [1.807, 2.05) is 35.2 Å². The number of carbonyl (C=O) groups excluding carboxylic acids is 1. The third-order valence-corrected chi connectivity index (χ3v) is 6.29. The molecule has 0 unspecified atom stereocenters. The SMILES string of the molecule is Cn1c(-c2ccc(-c3ccccc3)cc2)cs/c1=N\N=C1\C(=O)Nc2ccc(Cl)cc21. The van der Waals surface area contributed by atoms with E-state index >= 15 is 0 Å². The fourth-order valence-electron chi connectivity index (χ4n) is 3.50. The van der Waals surface area contributed by atoms with Crippen LogP contribution in [0, 0.1) is 0 Å². The quantitative estimate of drug-likeness (QED) is 0.426. The average Bonchev–Trinajstić information content (AvgIpc) is 3.31. The van der Waals surface area contributed by atoms with E-state index in [1.165, 1.54) is 22.5 Å². The third-order valence-electron chi connectivity index (χ3n) is 5.15. The van der Waals surface area contributed by atoms with Gasteiger partial charge in [-0.25, -0.2) is 0 Å². The van der Waals surface area contributed by atoms with Crippen LogP contribution in [0.1, 0.15) is 5.56 Å². The Morgan fingerprint density at radius 3 is 2.39 bits per heavy atom. The summed E-state index contributed by atoms with van der Waals surface area (Å²) in [5.41, 5.74) is 6.09. The molecule has 0 radical (unpaired) electrons. The van der Waals surface area contributed by atoms with E-state index in [4.69, 9.17) is 11.6 Å². The zero-order chi connectivity index (χ0) is 21.4. The molecule has 7 heteroatoms. The first-order chi connectivity index (χ1) is 15.1. The zero-order valence-corrected chi connectivity index (χ0v) is 18.1. The predicted octanol–water partition coefficient (Wildman–Crippen LogP) is 5.33. The molecule has 1 N–H and O–H groups in total. The van der Waals surface area contributed by atoms with Crippen LogP contribution in [0.25, 0.3) is 22.4 Å². The van der Waals surface area contributed by atoms with Gasteiger partial charge >= 0.3 is 0 Å². The molecule has 152 valence electrons. The highest BCUT2D eigenvalue weighted by Gasteiger charge is 2.26. The Hall–Kier alpha value is -3.48. The molecule has 0 aliphatic carbocycles. The largest absolute Gasteiger partial charge is 0.320 e. The summed E-state index contributed by atoms with van der Waals surface area (Å²) in [6.45, 7) is 0. The van der Waals surface area contributed by atoms with Crippen LogP contribution in [0.4, 0.5) is 5.69 Å². The van der Waals surface area contributed by atoms with Gasteiger partial charge < -0.3 is 9.88 Å². The minimum Gasteiger partial charge on any atom is -0.320 e. The molecule has 0 spiro atoms. The number of halogens is 1. The lowest BCUT2D eigenvalue weighted by molar-refractivity contribution is -0.110. The minimum atomic E-state index is -0.281. The van der Waals surface area contributed by atoms with Crippen LogP contribution in [0.2, 0.25) is 5.02 Å². The number of rotatable bonds is 3. The summed E-state index contributed by atoms with van der Waals surface area (Å²) in [6, 6.07) is 23.9. The number of hydrogen-bond acceptors (Lipinski definition) is 4. The maximum absolute atomic E-state index is 12.3. The van der Waals surface area contributed by atoms with Gasteiger partial charge in [0.15, 0.2) is 5.71 Å². The van der Waals surface area contributed by atoms with Gasteiger partial charge in [-0.15, -0.1) is 21.5 Å². The van der Waals surface area contributed by atoms with Crippen molar-refractivity contribution >= 4 is 40.2 Å². The Labute approximate surface area is 188 Å². The van der Waals surface area contributed by atoms with Crippen molar-refractivity contribution in [2.45, 2.75) is 0 Å². The lowest BCUT2D eigenvalue weighted by atomic mass is 10.0. The summed E-state index contributed by atoms with van der Waals surface area (Å²) in [5.74, 6) is -0.281. The normalized spacial score (nSPS) is 14.7. The summed E-state index contributed by atoms with van der Waals surface area (Å²) in [5, 5.41) is 14.0. The van der Waals surface area contributed by atoms with Crippen molar-refractivity contribution in [3.63, 3.8) is 0 Å². The lowest BCUT2D eigenvalue weighted by Crippen LogP contribution is -2.15. The fourth-order valence-corrected chi connectivity index (χ4v) is 4.53. The molecule has 5 nitrogen and oxygen atoms in total. The van der Waals surface area contributed by atoms with Crippen molar-refractivity contribution in [2.75, 3.05) is 5.32 Å². The van der Waals surface area contributed by atoms with Crippen LogP contribution in [-0.2, 0) is 11.8 Å². The van der Waals surface area contributed by atoms with Gasteiger partial charge in [-0.1, -0.05) is 66.2 Å². The molecule has 1 aromatic heterocycles. The minimum absolute atomic E-state index is 0.264. The van der Waals surface area contributed by atoms with Crippen LogP contribution in [0.5, 0.6) is 0 Å². The van der Waals surface area contributed by atoms with Gasteiger partial charge in [-0.3, -0.25) is 4.79 Å². The third kappa shape index (κ3) is 3.71. The van der Waals surface area contributed by atoms with Crippen molar-refractivity contribution in [1.82, 2.24) is 4.57 Å². The van der Waals surface area contributed by atoms with Gasteiger partial charge in [0.2, 0.25) is 4.80 Å². The van der Waals surface area contributed by atoms with Crippen molar-refractivity contribution in [3.05, 3.63) is 93.6 Å². The molecule has 1 amide bonds. The van der Waals surface area contributed by atoms with Gasteiger partial charge in [-0.05, 0) is 34.9 Å². The van der Waals surface area contributed by atoms with E-state index in [2.05, 4.69) is 51.9 Å². The first-order valence-electron chi connectivity index (χ1n) is 9.63. The molecular formula is C24H17ClN4OS.